The van der Waals surface area contributed by atoms with E-state index in [-0.39, 0.29) is 12.1 Å². The minimum Gasteiger partial charge on any atom is -0.490 e. The van der Waals surface area contributed by atoms with Gasteiger partial charge in [-0.25, -0.2) is 4.79 Å². The minimum atomic E-state index is -1.02. The minimum absolute atomic E-state index is 0.117. The third kappa shape index (κ3) is 6.20. The molecule has 184 valence electrons. The number of ether oxygens (including phenoxy) is 2. The number of nitrogens with zero attached hydrogens (tertiary/aromatic N) is 1. The number of H-pyrrole nitrogens is 1. The lowest BCUT2D eigenvalue weighted by Crippen LogP contribution is -2.46. The Hall–Kier alpha value is -3.82. The van der Waals surface area contributed by atoms with Gasteiger partial charge in [-0.05, 0) is 44.0 Å². The third-order valence-corrected chi connectivity index (χ3v) is 5.58. The maximum atomic E-state index is 10.8. The fraction of sp³-hybridized carbons (Fsp3) is 0.308. The number of rotatable bonds is 12. The van der Waals surface area contributed by atoms with Crippen molar-refractivity contribution in [1.82, 2.24) is 15.5 Å². The molecule has 9 heteroatoms. The molecule has 0 saturated heterocycles. The first-order valence-corrected chi connectivity index (χ1v) is 11.3. The Morgan fingerprint density at radius 3 is 2.71 bits per heavy atom. The summed E-state index contributed by atoms with van der Waals surface area (Å²) >= 11 is 0. The fourth-order valence-corrected chi connectivity index (χ4v) is 3.92. The van der Waals surface area contributed by atoms with Gasteiger partial charge in [0.25, 0.3) is 0 Å². The summed E-state index contributed by atoms with van der Waals surface area (Å²) in [5, 5.41) is 27.5. The van der Waals surface area contributed by atoms with Gasteiger partial charge in [0.15, 0.2) is 12.4 Å². The number of carboxylic acids is 1. The largest absolute Gasteiger partial charge is 0.490 e. The number of aliphatic hydroxyl groups excluding tert-OH is 1. The van der Waals surface area contributed by atoms with E-state index >= 15 is 0 Å². The Bertz CT molecular complexity index is 1270. The molecule has 0 bridgehead atoms. The van der Waals surface area contributed by atoms with Crippen LogP contribution >= 0.6 is 0 Å². The average molecular weight is 480 g/mol. The molecule has 1 atom stereocenters. The van der Waals surface area contributed by atoms with Crippen molar-refractivity contribution < 1.29 is 29.0 Å². The van der Waals surface area contributed by atoms with E-state index in [2.05, 4.69) is 29.3 Å². The molecule has 4 rings (SSSR count). The standard InChI is InChI=1S/C26H29N3O6/c1-26(2,12-17-13-27-25-19(17)7-5-9-23(25)34-16-24(31)32)28-14-18(30)15-33-21-8-4-3-6-20(21)22-10-11-29-35-22/h3-11,13,18,27-28,30H,12,14-16H2,1-2H3,(H,31,32)/t18-/m0/s1. The van der Waals surface area contributed by atoms with E-state index in [0.717, 1.165) is 22.0 Å². The first kappa shape index (κ1) is 24.3. The van der Waals surface area contributed by atoms with Crippen LogP contribution in [0.3, 0.4) is 0 Å². The number of aliphatic hydroxyl groups is 1. The number of aromatic nitrogens is 2. The van der Waals surface area contributed by atoms with E-state index in [9.17, 15) is 9.90 Å². The second kappa shape index (κ2) is 10.6. The molecular formula is C26H29N3O6. The predicted octanol–water partition coefficient (Wildman–Crippen LogP) is 3.64. The van der Waals surface area contributed by atoms with Crippen LogP contribution in [0.1, 0.15) is 19.4 Å². The number of fused-ring (bicyclic) bond motifs is 1. The van der Waals surface area contributed by atoms with Gasteiger partial charge in [0.2, 0.25) is 0 Å². The number of carboxylic acid groups (broad SMARTS) is 1. The molecule has 0 aliphatic heterocycles. The summed E-state index contributed by atoms with van der Waals surface area (Å²) in [6.07, 6.45) is 3.43. The molecule has 0 fully saturated rings. The van der Waals surface area contributed by atoms with Crippen LogP contribution in [0.25, 0.3) is 22.2 Å². The number of hydrogen-bond acceptors (Lipinski definition) is 7. The van der Waals surface area contributed by atoms with Crippen LogP contribution in [0, 0.1) is 0 Å². The quantitative estimate of drug-likeness (QED) is 0.242. The molecule has 0 aliphatic carbocycles. The highest BCUT2D eigenvalue weighted by atomic mass is 16.5. The molecule has 4 N–H and O–H groups in total. The molecular weight excluding hydrogens is 450 g/mol. The number of aliphatic carboxylic acids is 1. The number of benzene rings is 2. The van der Waals surface area contributed by atoms with E-state index in [1.165, 1.54) is 0 Å². The van der Waals surface area contributed by atoms with Crippen LogP contribution in [0.2, 0.25) is 0 Å². The molecule has 0 radical (unpaired) electrons. The van der Waals surface area contributed by atoms with Crippen LogP contribution in [-0.4, -0.2) is 57.7 Å². The Kier molecular flexibility index (Phi) is 7.38. The monoisotopic (exact) mass is 479 g/mol. The van der Waals surface area contributed by atoms with Crippen molar-refractivity contribution in [2.75, 3.05) is 19.8 Å². The summed E-state index contributed by atoms with van der Waals surface area (Å²) in [5.74, 6) is 0.690. The fourth-order valence-electron chi connectivity index (χ4n) is 3.92. The Balaban J connectivity index is 1.34. The topological polar surface area (TPSA) is 130 Å². The molecule has 0 saturated carbocycles. The molecule has 4 aromatic rings. The molecule has 0 amide bonds. The summed E-state index contributed by atoms with van der Waals surface area (Å²) in [5.41, 5.74) is 2.27. The van der Waals surface area contributed by atoms with Crippen molar-refractivity contribution in [2.24, 2.45) is 0 Å². The van der Waals surface area contributed by atoms with Gasteiger partial charge in [-0.1, -0.05) is 29.4 Å². The van der Waals surface area contributed by atoms with Gasteiger partial charge >= 0.3 is 5.97 Å². The van der Waals surface area contributed by atoms with Crippen molar-refractivity contribution in [3.05, 3.63) is 66.5 Å². The summed E-state index contributed by atoms with van der Waals surface area (Å²) < 4.78 is 16.5. The van der Waals surface area contributed by atoms with Crippen LogP contribution < -0.4 is 14.8 Å². The zero-order valence-electron chi connectivity index (χ0n) is 19.7. The Labute approximate surface area is 202 Å². The van der Waals surface area contributed by atoms with Gasteiger partial charge in [-0.2, -0.15) is 0 Å². The van der Waals surface area contributed by atoms with E-state index in [1.54, 1.807) is 18.3 Å². The predicted molar refractivity (Wildman–Crippen MR) is 131 cm³/mol. The van der Waals surface area contributed by atoms with Crippen LogP contribution in [0.15, 0.2) is 65.4 Å². The lowest BCUT2D eigenvalue weighted by molar-refractivity contribution is -0.139. The SMILES string of the molecule is CC(C)(Cc1c[nH]c2c(OCC(=O)O)cccc12)NC[C@H](O)COc1ccccc1-c1ccno1. The highest BCUT2D eigenvalue weighted by molar-refractivity contribution is 5.88. The van der Waals surface area contributed by atoms with Gasteiger partial charge in [0.05, 0.1) is 17.3 Å². The molecule has 0 unspecified atom stereocenters. The van der Waals surface area contributed by atoms with Gasteiger partial charge in [-0.15, -0.1) is 0 Å². The van der Waals surface area contributed by atoms with E-state index in [0.29, 0.717) is 30.2 Å². The lowest BCUT2D eigenvalue weighted by atomic mass is 9.94. The van der Waals surface area contributed by atoms with Crippen molar-refractivity contribution in [1.29, 1.82) is 0 Å². The van der Waals surface area contributed by atoms with Gasteiger partial charge < -0.3 is 34.5 Å². The smallest absolute Gasteiger partial charge is 0.341 e. The highest BCUT2D eigenvalue weighted by Crippen LogP contribution is 2.30. The average Bonchev–Trinajstić information content (AvgIpc) is 3.51. The van der Waals surface area contributed by atoms with Crippen molar-refractivity contribution in [2.45, 2.75) is 31.9 Å². The summed E-state index contributed by atoms with van der Waals surface area (Å²) in [7, 11) is 0. The van der Waals surface area contributed by atoms with Gasteiger partial charge in [-0.3, -0.25) is 0 Å². The number of carbonyl (C=O) groups is 1. The van der Waals surface area contributed by atoms with E-state index < -0.39 is 18.7 Å². The first-order chi connectivity index (χ1) is 16.8. The number of hydrogen-bond donors (Lipinski definition) is 4. The third-order valence-electron chi connectivity index (χ3n) is 5.58. The Morgan fingerprint density at radius 1 is 1.14 bits per heavy atom. The zero-order valence-corrected chi connectivity index (χ0v) is 19.7. The van der Waals surface area contributed by atoms with Crippen LogP contribution in [-0.2, 0) is 11.2 Å². The van der Waals surface area contributed by atoms with Crippen molar-refractivity contribution in [3.8, 4) is 22.8 Å². The maximum absolute atomic E-state index is 10.8. The second-order valence-electron chi connectivity index (χ2n) is 8.95. The number of aromatic amines is 1. The number of β-amino-alcohol motifs (C(OH)–C–C–N with tert-alkyl or cyclic N) is 1. The zero-order chi connectivity index (χ0) is 24.8. The molecule has 2 aromatic carbocycles. The molecule has 0 aliphatic rings. The molecule has 0 spiro atoms. The summed E-state index contributed by atoms with van der Waals surface area (Å²) in [4.78, 5) is 14.0. The van der Waals surface area contributed by atoms with Crippen LogP contribution in [0.4, 0.5) is 0 Å². The Morgan fingerprint density at radius 2 is 1.94 bits per heavy atom. The number of para-hydroxylation sites is 2. The molecule has 35 heavy (non-hydrogen) atoms. The highest BCUT2D eigenvalue weighted by Gasteiger charge is 2.22. The second-order valence-corrected chi connectivity index (χ2v) is 8.95. The van der Waals surface area contributed by atoms with Crippen molar-refractivity contribution in [3.63, 3.8) is 0 Å². The van der Waals surface area contributed by atoms with Gasteiger partial charge in [0.1, 0.15) is 24.2 Å². The molecule has 2 heterocycles. The van der Waals surface area contributed by atoms with E-state index in [1.807, 2.05) is 42.6 Å². The lowest BCUT2D eigenvalue weighted by Gasteiger charge is -2.28. The van der Waals surface area contributed by atoms with Gasteiger partial charge in [0, 0.05) is 29.7 Å². The first-order valence-electron chi connectivity index (χ1n) is 11.3. The van der Waals surface area contributed by atoms with Crippen molar-refractivity contribution >= 4 is 16.9 Å². The summed E-state index contributed by atoms with van der Waals surface area (Å²) in [6, 6.07) is 14.8. The maximum Gasteiger partial charge on any atom is 0.341 e. The normalized spacial score (nSPS) is 12.5. The molecule has 9 nitrogen and oxygen atoms in total. The van der Waals surface area contributed by atoms with Crippen LogP contribution in [0.5, 0.6) is 11.5 Å². The number of nitrogens with one attached hydrogen (secondary N) is 2. The molecule has 2 aromatic heterocycles. The van der Waals surface area contributed by atoms with E-state index in [4.69, 9.17) is 19.1 Å². The summed E-state index contributed by atoms with van der Waals surface area (Å²) in [6.45, 7) is 4.18.